The predicted molar refractivity (Wildman–Crippen MR) is 106 cm³/mol. The van der Waals surface area contributed by atoms with Gasteiger partial charge in [-0.1, -0.05) is 12.1 Å². The summed E-state index contributed by atoms with van der Waals surface area (Å²) >= 11 is 2.11. The lowest BCUT2D eigenvalue weighted by Gasteiger charge is -2.10. The second kappa shape index (κ2) is 10.0. The Labute approximate surface area is 166 Å². The maximum atomic E-state index is 11.9. The number of amides is 1. The molecule has 138 valence electrons. The highest BCUT2D eigenvalue weighted by Crippen LogP contribution is 2.27. The number of esters is 1. The molecule has 7 heteroatoms. The number of methoxy groups -OCH3 is 2. The SMILES string of the molecule is COc1ccc(CCNC(=O)COC(=O)c2cccc(I)c2)cc1OC. The Morgan fingerprint density at radius 3 is 2.50 bits per heavy atom. The van der Waals surface area contributed by atoms with Crippen LogP contribution in [0.25, 0.3) is 0 Å². The molecule has 0 saturated heterocycles. The minimum atomic E-state index is -0.515. The number of benzene rings is 2. The van der Waals surface area contributed by atoms with Crippen molar-refractivity contribution in [1.29, 1.82) is 0 Å². The van der Waals surface area contributed by atoms with Crippen molar-refractivity contribution in [2.75, 3.05) is 27.4 Å². The topological polar surface area (TPSA) is 73.9 Å². The van der Waals surface area contributed by atoms with Gasteiger partial charge >= 0.3 is 5.97 Å². The summed E-state index contributed by atoms with van der Waals surface area (Å²) in [5.41, 5.74) is 1.42. The van der Waals surface area contributed by atoms with Crippen molar-refractivity contribution in [1.82, 2.24) is 5.32 Å². The summed E-state index contributed by atoms with van der Waals surface area (Å²) in [5, 5.41) is 2.73. The number of carbonyl (C=O) groups excluding carboxylic acids is 2. The zero-order valence-corrected chi connectivity index (χ0v) is 16.7. The predicted octanol–water partition coefficient (Wildman–Crippen LogP) is 2.82. The van der Waals surface area contributed by atoms with Crippen LogP contribution in [0.4, 0.5) is 0 Å². The van der Waals surface area contributed by atoms with Crippen molar-refractivity contribution in [3.63, 3.8) is 0 Å². The number of ether oxygens (including phenoxy) is 3. The normalized spacial score (nSPS) is 10.1. The first-order valence-corrected chi connectivity index (χ1v) is 9.01. The molecule has 1 amide bonds. The molecule has 0 fully saturated rings. The number of hydrogen-bond donors (Lipinski definition) is 1. The number of halogens is 1. The molecule has 0 unspecified atom stereocenters. The molecule has 2 aromatic rings. The van der Waals surface area contributed by atoms with Crippen LogP contribution in [0.3, 0.4) is 0 Å². The van der Waals surface area contributed by atoms with Gasteiger partial charge in [0.15, 0.2) is 18.1 Å². The van der Waals surface area contributed by atoms with Gasteiger partial charge in [0.2, 0.25) is 0 Å². The lowest BCUT2D eigenvalue weighted by Crippen LogP contribution is -2.30. The molecule has 0 aliphatic carbocycles. The Kier molecular flexibility index (Phi) is 7.71. The number of rotatable bonds is 8. The molecule has 0 atom stereocenters. The van der Waals surface area contributed by atoms with Crippen molar-refractivity contribution in [2.45, 2.75) is 6.42 Å². The van der Waals surface area contributed by atoms with E-state index < -0.39 is 5.97 Å². The molecule has 6 nitrogen and oxygen atoms in total. The summed E-state index contributed by atoms with van der Waals surface area (Å²) in [6, 6.07) is 12.6. The molecule has 0 aromatic heterocycles. The van der Waals surface area contributed by atoms with E-state index in [0.29, 0.717) is 30.0 Å². The van der Waals surface area contributed by atoms with Crippen LogP contribution in [-0.2, 0) is 16.0 Å². The van der Waals surface area contributed by atoms with E-state index in [9.17, 15) is 9.59 Å². The van der Waals surface area contributed by atoms with E-state index in [0.717, 1.165) is 9.13 Å². The monoisotopic (exact) mass is 469 g/mol. The molecular formula is C19H20INO5. The van der Waals surface area contributed by atoms with Gasteiger partial charge in [-0.2, -0.15) is 0 Å². The second-order valence-electron chi connectivity index (χ2n) is 5.38. The van der Waals surface area contributed by atoms with E-state index in [1.54, 1.807) is 32.4 Å². The molecule has 0 heterocycles. The first-order chi connectivity index (χ1) is 12.5. The molecular weight excluding hydrogens is 449 g/mol. The van der Waals surface area contributed by atoms with Crippen LogP contribution in [0.2, 0.25) is 0 Å². The summed E-state index contributed by atoms with van der Waals surface area (Å²) < 4.78 is 16.4. The zero-order valence-electron chi connectivity index (χ0n) is 14.6. The van der Waals surface area contributed by atoms with Gasteiger partial charge in [0.1, 0.15) is 0 Å². The standard InChI is InChI=1S/C19H20INO5/c1-24-16-7-6-13(10-17(16)25-2)8-9-21-18(22)12-26-19(23)14-4-3-5-15(20)11-14/h3-7,10-11H,8-9,12H2,1-2H3,(H,21,22). The minimum absolute atomic E-state index is 0.309. The lowest BCUT2D eigenvalue weighted by molar-refractivity contribution is -0.124. The highest BCUT2D eigenvalue weighted by molar-refractivity contribution is 14.1. The summed E-state index contributed by atoms with van der Waals surface area (Å²) in [5.74, 6) is 0.438. The maximum Gasteiger partial charge on any atom is 0.338 e. The Hall–Kier alpha value is -2.29. The fraction of sp³-hybridized carbons (Fsp3) is 0.263. The van der Waals surface area contributed by atoms with Crippen LogP contribution in [-0.4, -0.2) is 39.2 Å². The van der Waals surface area contributed by atoms with Crippen molar-refractivity contribution in [3.05, 3.63) is 57.2 Å². The zero-order chi connectivity index (χ0) is 18.9. The summed E-state index contributed by atoms with van der Waals surface area (Å²) in [6.45, 7) is 0.116. The highest BCUT2D eigenvalue weighted by atomic mass is 127. The molecule has 0 bridgehead atoms. The van der Waals surface area contributed by atoms with Crippen LogP contribution in [0.15, 0.2) is 42.5 Å². The number of hydrogen-bond acceptors (Lipinski definition) is 5. The Morgan fingerprint density at radius 2 is 1.81 bits per heavy atom. The van der Waals surface area contributed by atoms with Crippen molar-refractivity contribution >= 4 is 34.5 Å². The fourth-order valence-corrected chi connectivity index (χ4v) is 2.81. The summed E-state index contributed by atoms with van der Waals surface area (Å²) in [4.78, 5) is 23.7. The molecule has 0 spiro atoms. The second-order valence-corrected chi connectivity index (χ2v) is 6.62. The van der Waals surface area contributed by atoms with Crippen molar-refractivity contribution in [2.24, 2.45) is 0 Å². The average molecular weight is 469 g/mol. The summed E-state index contributed by atoms with van der Waals surface area (Å²) in [6.07, 6.45) is 0.622. The maximum absolute atomic E-state index is 11.9. The summed E-state index contributed by atoms with van der Waals surface area (Å²) in [7, 11) is 3.15. The van der Waals surface area contributed by atoms with Gasteiger partial charge < -0.3 is 19.5 Å². The van der Waals surface area contributed by atoms with E-state index in [1.165, 1.54) is 0 Å². The molecule has 0 aliphatic rings. The third-order valence-corrected chi connectivity index (χ3v) is 4.25. The van der Waals surface area contributed by atoms with Gasteiger partial charge in [-0.05, 0) is 64.9 Å². The van der Waals surface area contributed by atoms with E-state index in [1.807, 2.05) is 24.3 Å². The largest absolute Gasteiger partial charge is 0.493 e. The lowest BCUT2D eigenvalue weighted by atomic mass is 10.1. The van der Waals surface area contributed by atoms with Crippen LogP contribution in [0.5, 0.6) is 11.5 Å². The molecule has 26 heavy (non-hydrogen) atoms. The van der Waals surface area contributed by atoms with Crippen molar-refractivity contribution in [3.8, 4) is 11.5 Å². The Bertz CT molecular complexity index is 778. The fourth-order valence-electron chi connectivity index (χ4n) is 2.26. The quantitative estimate of drug-likeness (QED) is 0.476. The number of nitrogens with one attached hydrogen (secondary N) is 1. The van der Waals surface area contributed by atoms with E-state index in [2.05, 4.69) is 27.9 Å². The Balaban J connectivity index is 1.76. The van der Waals surface area contributed by atoms with Crippen LogP contribution < -0.4 is 14.8 Å². The van der Waals surface area contributed by atoms with Gasteiger partial charge in [0.25, 0.3) is 5.91 Å². The third kappa shape index (κ3) is 5.91. The van der Waals surface area contributed by atoms with Gasteiger partial charge in [-0.15, -0.1) is 0 Å². The highest BCUT2D eigenvalue weighted by Gasteiger charge is 2.10. The van der Waals surface area contributed by atoms with Crippen LogP contribution in [0.1, 0.15) is 15.9 Å². The van der Waals surface area contributed by atoms with Gasteiger partial charge in [0, 0.05) is 10.1 Å². The third-order valence-electron chi connectivity index (χ3n) is 3.58. The Morgan fingerprint density at radius 1 is 1.04 bits per heavy atom. The van der Waals surface area contributed by atoms with E-state index >= 15 is 0 Å². The van der Waals surface area contributed by atoms with Gasteiger partial charge in [-0.25, -0.2) is 4.79 Å². The van der Waals surface area contributed by atoms with E-state index in [4.69, 9.17) is 14.2 Å². The van der Waals surface area contributed by atoms with Crippen LogP contribution >= 0.6 is 22.6 Å². The molecule has 2 aromatic carbocycles. The van der Waals surface area contributed by atoms with Crippen molar-refractivity contribution < 1.29 is 23.8 Å². The van der Waals surface area contributed by atoms with E-state index in [-0.39, 0.29) is 12.5 Å². The average Bonchev–Trinajstić information content (AvgIpc) is 2.65. The smallest absolute Gasteiger partial charge is 0.338 e. The minimum Gasteiger partial charge on any atom is -0.493 e. The van der Waals surface area contributed by atoms with Crippen LogP contribution in [0, 0.1) is 3.57 Å². The van der Waals surface area contributed by atoms with Gasteiger partial charge in [-0.3, -0.25) is 4.79 Å². The molecule has 0 saturated carbocycles. The first kappa shape index (κ1) is 20.0. The molecule has 0 aliphatic heterocycles. The van der Waals surface area contributed by atoms with Gasteiger partial charge in [0.05, 0.1) is 19.8 Å². The first-order valence-electron chi connectivity index (χ1n) is 7.93. The molecule has 2 rings (SSSR count). The number of carbonyl (C=O) groups is 2. The molecule has 0 radical (unpaired) electrons. The molecule has 1 N–H and O–H groups in total.